The molecule has 1 fully saturated rings. The normalized spacial score (nSPS) is 26.9. The van der Waals surface area contributed by atoms with Gasteiger partial charge in [0.15, 0.2) is 0 Å². The number of cyclic esters (lactones) is 1. The molecule has 10 unspecified atom stereocenters. The van der Waals surface area contributed by atoms with Crippen molar-refractivity contribution in [3.05, 3.63) is 71.8 Å². The van der Waals surface area contributed by atoms with Gasteiger partial charge in [-0.05, 0) is 91.5 Å². The van der Waals surface area contributed by atoms with Gasteiger partial charge in [0.2, 0.25) is 0 Å². The summed E-state index contributed by atoms with van der Waals surface area (Å²) < 4.78 is 66.6. The molecular formula is C51H82O13. The highest BCUT2D eigenvalue weighted by molar-refractivity contribution is 5.89. The van der Waals surface area contributed by atoms with Crippen molar-refractivity contribution in [1.29, 1.82) is 0 Å². The molecule has 0 aliphatic carbocycles. The third kappa shape index (κ3) is 19.9. The topological polar surface area (TPSA) is 139 Å². The smallest absolute Gasteiger partial charge is 0.338 e. The van der Waals surface area contributed by atoms with Gasteiger partial charge >= 0.3 is 11.9 Å². The van der Waals surface area contributed by atoms with E-state index in [9.17, 15) is 9.59 Å². The highest BCUT2D eigenvalue weighted by Gasteiger charge is 2.48. The van der Waals surface area contributed by atoms with Gasteiger partial charge in [-0.2, -0.15) is 0 Å². The first-order valence-corrected chi connectivity index (χ1v) is 23.8. The number of allylic oxidation sites excluding steroid dienone is 2. The van der Waals surface area contributed by atoms with Gasteiger partial charge < -0.3 is 52.1 Å². The lowest BCUT2D eigenvalue weighted by atomic mass is 9.88. The molecule has 1 saturated heterocycles. The van der Waals surface area contributed by atoms with E-state index in [-0.39, 0.29) is 49.1 Å². The van der Waals surface area contributed by atoms with Gasteiger partial charge in [-0.25, -0.2) is 4.79 Å². The molecule has 2 heterocycles. The number of hydrogen-bond donors (Lipinski definition) is 0. The number of esters is 2. The monoisotopic (exact) mass is 903 g/mol. The first kappa shape index (κ1) is 55.3. The van der Waals surface area contributed by atoms with Crippen molar-refractivity contribution < 1.29 is 61.7 Å². The molecule has 0 amide bonds. The number of carbonyl (C=O) groups excluding carboxylic acids is 2. The third-order valence-corrected chi connectivity index (χ3v) is 11.8. The summed E-state index contributed by atoms with van der Waals surface area (Å²) in [5, 5.41) is 0. The van der Waals surface area contributed by atoms with Gasteiger partial charge in [0.1, 0.15) is 17.8 Å². The van der Waals surface area contributed by atoms with Gasteiger partial charge in [-0.15, -0.1) is 0 Å². The summed E-state index contributed by atoms with van der Waals surface area (Å²) in [6.07, 6.45) is 10.4. The molecule has 0 saturated carbocycles. The molecule has 2 aliphatic rings. The van der Waals surface area contributed by atoms with E-state index in [0.29, 0.717) is 97.5 Å². The molecule has 64 heavy (non-hydrogen) atoms. The zero-order chi connectivity index (χ0) is 46.8. The maximum absolute atomic E-state index is 13.8. The Labute approximate surface area is 384 Å². The Bertz CT molecular complexity index is 1530. The Morgan fingerprint density at radius 2 is 1.53 bits per heavy atom. The van der Waals surface area contributed by atoms with Crippen molar-refractivity contribution in [3.63, 3.8) is 0 Å². The molecule has 1 aromatic carbocycles. The fraction of sp³-hybridized carbons (Fsp3) is 0.725. The van der Waals surface area contributed by atoms with Crippen LogP contribution in [0.4, 0.5) is 0 Å². The van der Waals surface area contributed by atoms with Gasteiger partial charge in [0.05, 0.1) is 94.9 Å². The second-order valence-electron chi connectivity index (χ2n) is 17.0. The van der Waals surface area contributed by atoms with Crippen LogP contribution < -0.4 is 0 Å². The fourth-order valence-electron chi connectivity index (χ4n) is 7.97. The summed E-state index contributed by atoms with van der Waals surface area (Å²) in [7, 11) is 0. The van der Waals surface area contributed by atoms with Gasteiger partial charge in [-0.1, -0.05) is 63.3 Å². The summed E-state index contributed by atoms with van der Waals surface area (Å²) in [6.45, 7) is 25.8. The fourth-order valence-corrected chi connectivity index (χ4v) is 7.97. The van der Waals surface area contributed by atoms with Crippen LogP contribution in [0.3, 0.4) is 0 Å². The molecule has 0 aromatic heterocycles. The van der Waals surface area contributed by atoms with Crippen molar-refractivity contribution in [3.8, 4) is 0 Å². The van der Waals surface area contributed by atoms with Crippen molar-refractivity contribution in [2.45, 2.75) is 149 Å². The van der Waals surface area contributed by atoms with E-state index < -0.39 is 35.5 Å². The average molecular weight is 903 g/mol. The first-order chi connectivity index (χ1) is 30.8. The Balaban J connectivity index is 1.94. The van der Waals surface area contributed by atoms with E-state index in [4.69, 9.17) is 52.1 Å². The highest BCUT2D eigenvalue weighted by atomic mass is 16.6. The minimum absolute atomic E-state index is 0.00487. The van der Waals surface area contributed by atoms with Crippen molar-refractivity contribution in [1.82, 2.24) is 0 Å². The predicted octanol–water partition coefficient (Wildman–Crippen LogP) is 8.67. The summed E-state index contributed by atoms with van der Waals surface area (Å²) in [4.78, 5) is 27.5. The molecule has 0 bridgehead atoms. The van der Waals surface area contributed by atoms with E-state index in [1.807, 2.05) is 84.9 Å². The summed E-state index contributed by atoms with van der Waals surface area (Å²) in [5.74, 6) is -0.967. The van der Waals surface area contributed by atoms with Gasteiger partial charge in [-0.3, -0.25) is 4.79 Å². The maximum atomic E-state index is 13.8. The molecule has 2 aliphatic heterocycles. The zero-order valence-corrected chi connectivity index (χ0v) is 40.7. The number of benzene rings is 1. The average Bonchev–Trinajstić information content (AvgIpc) is 4.05. The lowest BCUT2D eigenvalue weighted by molar-refractivity contribution is -0.154. The Kier molecular flexibility index (Phi) is 26.2. The molecule has 1 aromatic rings. The third-order valence-electron chi connectivity index (χ3n) is 11.8. The number of rotatable bonds is 30. The lowest BCUT2D eigenvalue weighted by Gasteiger charge is -2.37. The standard InChI is InChI=1S/C51H82O13/c1-11-43(59-33-29-55-13-3)40(8)48-44(62-48)37-50(9,60-34-30-56-14-4)26-19-20-38(6)47-39(7)23-24-45(63-49(53)41-21-17-16-18-22-41)51(10,61-35-31-57-15-5)27-25-42(36-46(52)64-47)58-32-28-54-12-2/h16-24,26,39-40,42-45,47-48H,11-15,25,27-37H2,1-10H3/b24-23+,26-19+,38-20+. The van der Waals surface area contributed by atoms with E-state index >= 15 is 0 Å². The quantitative estimate of drug-likeness (QED) is 0.0240. The zero-order valence-electron chi connectivity index (χ0n) is 40.7. The minimum Gasteiger partial charge on any atom is -0.457 e. The van der Waals surface area contributed by atoms with Crippen molar-refractivity contribution in [2.24, 2.45) is 11.8 Å². The van der Waals surface area contributed by atoms with Crippen LogP contribution in [0.25, 0.3) is 0 Å². The van der Waals surface area contributed by atoms with E-state index in [1.54, 1.807) is 24.3 Å². The second kappa shape index (κ2) is 30.3. The van der Waals surface area contributed by atoms with Crippen LogP contribution in [-0.4, -0.2) is 139 Å². The molecule has 13 heteroatoms. The molecule has 0 radical (unpaired) electrons. The highest BCUT2D eigenvalue weighted by Crippen LogP contribution is 2.39. The van der Waals surface area contributed by atoms with E-state index in [1.165, 1.54) is 0 Å². The Morgan fingerprint density at radius 3 is 2.19 bits per heavy atom. The van der Waals surface area contributed by atoms with Crippen LogP contribution in [0.5, 0.6) is 0 Å². The van der Waals surface area contributed by atoms with Crippen molar-refractivity contribution >= 4 is 11.9 Å². The number of hydrogen-bond acceptors (Lipinski definition) is 13. The minimum atomic E-state index is -0.992. The van der Waals surface area contributed by atoms with Crippen LogP contribution in [-0.2, 0) is 56.9 Å². The number of epoxide rings is 1. The molecule has 13 nitrogen and oxygen atoms in total. The summed E-state index contributed by atoms with van der Waals surface area (Å²) >= 11 is 0. The Hall–Kier alpha value is -2.98. The van der Waals surface area contributed by atoms with Crippen LogP contribution in [0, 0.1) is 11.8 Å². The molecule has 0 spiro atoms. The lowest BCUT2D eigenvalue weighted by Crippen LogP contribution is -2.46. The van der Waals surface area contributed by atoms with Crippen LogP contribution in [0.15, 0.2) is 66.3 Å². The SMILES string of the molecule is CCOCCOC1CCC(C)(OCCOCC)C(OC(=O)c2ccccc2)/C=C/C(C)C(/C(C)=C/C=C/C(C)(CC2OC2C(C)C(CC)OCCOCC)OCCOCC)OC(=O)C1. The second-order valence-corrected chi connectivity index (χ2v) is 17.0. The van der Waals surface area contributed by atoms with Crippen LogP contribution >= 0.6 is 0 Å². The van der Waals surface area contributed by atoms with Crippen LogP contribution in [0.2, 0.25) is 0 Å². The van der Waals surface area contributed by atoms with Crippen molar-refractivity contribution in [2.75, 3.05) is 79.3 Å². The number of ether oxygens (including phenoxy) is 11. The molecular weight excluding hydrogens is 821 g/mol. The number of carbonyl (C=O) groups is 2. The maximum Gasteiger partial charge on any atom is 0.338 e. The van der Waals surface area contributed by atoms with E-state index in [2.05, 4.69) is 20.8 Å². The Morgan fingerprint density at radius 1 is 0.891 bits per heavy atom. The largest absolute Gasteiger partial charge is 0.457 e. The van der Waals surface area contributed by atoms with Crippen LogP contribution in [0.1, 0.15) is 112 Å². The molecule has 0 N–H and O–H groups in total. The molecule has 10 atom stereocenters. The first-order valence-electron chi connectivity index (χ1n) is 23.8. The predicted molar refractivity (Wildman–Crippen MR) is 247 cm³/mol. The van der Waals surface area contributed by atoms with Gasteiger partial charge in [0.25, 0.3) is 0 Å². The summed E-state index contributed by atoms with van der Waals surface area (Å²) in [5.41, 5.74) is -0.412. The van der Waals surface area contributed by atoms with Gasteiger partial charge in [0, 0.05) is 44.7 Å². The molecule has 3 rings (SSSR count). The molecule has 364 valence electrons. The summed E-state index contributed by atoms with van der Waals surface area (Å²) in [6, 6.07) is 8.92. The van der Waals surface area contributed by atoms with E-state index in [0.717, 1.165) is 12.0 Å².